The summed E-state index contributed by atoms with van der Waals surface area (Å²) in [5.41, 5.74) is 0. The lowest BCUT2D eigenvalue weighted by molar-refractivity contribution is 0.301. The van der Waals surface area contributed by atoms with E-state index in [0.29, 0.717) is 5.33 Å². The first-order chi connectivity index (χ1) is 5.18. The highest BCUT2D eigenvalue weighted by atomic mass is 79.9. The summed E-state index contributed by atoms with van der Waals surface area (Å²) >= 11 is 3.01. The van der Waals surface area contributed by atoms with Gasteiger partial charge in [-0.05, 0) is 0 Å². The van der Waals surface area contributed by atoms with Crippen LogP contribution in [0.5, 0.6) is 0 Å². The third-order valence-electron chi connectivity index (χ3n) is 0.779. The molecule has 0 spiro atoms. The Morgan fingerprint density at radius 3 is 2.00 bits per heavy atom. The zero-order valence-corrected chi connectivity index (χ0v) is 9.40. The van der Waals surface area contributed by atoms with Gasteiger partial charge in [-0.1, -0.05) is 42.6 Å². The van der Waals surface area contributed by atoms with E-state index >= 15 is 0 Å². The van der Waals surface area contributed by atoms with Gasteiger partial charge < -0.3 is 0 Å². The van der Waals surface area contributed by atoms with Crippen molar-refractivity contribution < 1.29 is 14.0 Å². The summed E-state index contributed by atoms with van der Waals surface area (Å²) in [7, 11) is -2.39. The SMILES string of the molecule is CCCC.O=[P+](O)OCCBr. The monoisotopic (exact) mass is 245 g/mol. The number of rotatable bonds is 4. The Morgan fingerprint density at radius 2 is 1.91 bits per heavy atom. The van der Waals surface area contributed by atoms with Gasteiger partial charge in [0.05, 0.1) is 0 Å². The zero-order chi connectivity index (χ0) is 9.11. The summed E-state index contributed by atoms with van der Waals surface area (Å²) in [5.74, 6) is 0. The van der Waals surface area contributed by atoms with Crippen molar-refractivity contribution in [2.75, 3.05) is 11.9 Å². The lowest BCUT2D eigenvalue weighted by Gasteiger charge is -1.75. The van der Waals surface area contributed by atoms with Gasteiger partial charge in [-0.15, -0.1) is 9.42 Å². The van der Waals surface area contributed by atoms with E-state index in [0.717, 1.165) is 0 Å². The maximum atomic E-state index is 9.66. The molecule has 11 heavy (non-hydrogen) atoms. The van der Waals surface area contributed by atoms with E-state index in [4.69, 9.17) is 4.89 Å². The quantitative estimate of drug-likeness (QED) is 0.612. The summed E-state index contributed by atoms with van der Waals surface area (Å²) in [6.07, 6.45) is 2.64. The fourth-order valence-electron chi connectivity index (χ4n) is 0.113. The van der Waals surface area contributed by atoms with E-state index in [1.54, 1.807) is 0 Å². The molecule has 0 bridgehead atoms. The second kappa shape index (κ2) is 13.1. The van der Waals surface area contributed by atoms with Crippen molar-refractivity contribution in [2.45, 2.75) is 26.7 Å². The highest BCUT2D eigenvalue weighted by Crippen LogP contribution is 2.13. The van der Waals surface area contributed by atoms with Crippen LogP contribution in [0.4, 0.5) is 0 Å². The number of hydrogen-bond donors (Lipinski definition) is 1. The first kappa shape index (κ1) is 14.0. The maximum Gasteiger partial charge on any atom is 0.694 e. The number of halogens is 1. The molecule has 0 heterocycles. The van der Waals surface area contributed by atoms with Crippen molar-refractivity contribution in [3.8, 4) is 0 Å². The number of unbranched alkanes of at least 4 members (excludes halogenated alkanes) is 1. The molecule has 0 aromatic heterocycles. The molecule has 0 aliphatic heterocycles. The van der Waals surface area contributed by atoms with E-state index in [2.05, 4.69) is 34.3 Å². The molecule has 5 heteroatoms. The van der Waals surface area contributed by atoms with Crippen LogP contribution in [0.25, 0.3) is 0 Å². The summed E-state index contributed by atoms with van der Waals surface area (Å²) in [4.78, 5) is 7.95. The highest BCUT2D eigenvalue weighted by molar-refractivity contribution is 9.09. The minimum Gasteiger partial charge on any atom is -0.133 e. The predicted molar refractivity (Wildman–Crippen MR) is 50.2 cm³/mol. The van der Waals surface area contributed by atoms with E-state index in [9.17, 15) is 4.57 Å². The zero-order valence-electron chi connectivity index (χ0n) is 6.92. The van der Waals surface area contributed by atoms with Crippen LogP contribution in [-0.2, 0) is 9.09 Å². The molecule has 1 N–H and O–H groups in total. The average molecular weight is 246 g/mol. The molecule has 0 aromatic carbocycles. The van der Waals surface area contributed by atoms with E-state index in [1.807, 2.05) is 0 Å². The van der Waals surface area contributed by atoms with Crippen molar-refractivity contribution >= 4 is 24.2 Å². The van der Waals surface area contributed by atoms with Crippen LogP contribution in [-0.4, -0.2) is 16.8 Å². The normalized spacial score (nSPS) is 10.0. The van der Waals surface area contributed by atoms with Crippen LogP contribution in [0.2, 0.25) is 0 Å². The Bertz CT molecular complexity index is 87.9. The third-order valence-corrected chi connectivity index (χ3v) is 1.51. The lowest BCUT2D eigenvalue weighted by atomic mass is 10.4. The van der Waals surface area contributed by atoms with Gasteiger partial charge in [0, 0.05) is 9.90 Å². The van der Waals surface area contributed by atoms with Crippen LogP contribution in [0, 0.1) is 0 Å². The van der Waals surface area contributed by atoms with Gasteiger partial charge in [0.25, 0.3) is 0 Å². The van der Waals surface area contributed by atoms with E-state index in [-0.39, 0.29) is 6.61 Å². The topological polar surface area (TPSA) is 46.5 Å². The molecule has 0 radical (unpaired) electrons. The second-order valence-electron chi connectivity index (χ2n) is 1.76. The molecule has 0 saturated heterocycles. The molecule has 3 nitrogen and oxygen atoms in total. The Hall–Kier alpha value is 0.500. The van der Waals surface area contributed by atoms with Crippen LogP contribution in [0.3, 0.4) is 0 Å². The van der Waals surface area contributed by atoms with Gasteiger partial charge in [0.1, 0.15) is 6.61 Å². The molecule has 0 aliphatic rings. The van der Waals surface area contributed by atoms with Gasteiger partial charge in [0.15, 0.2) is 0 Å². The molecular weight excluding hydrogens is 231 g/mol. The summed E-state index contributed by atoms with van der Waals surface area (Å²) < 4.78 is 13.9. The Morgan fingerprint density at radius 1 is 1.45 bits per heavy atom. The van der Waals surface area contributed by atoms with Crippen LogP contribution in [0.1, 0.15) is 26.7 Å². The first-order valence-electron chi connectivity index (χ1n) is 3.54. The molecule has 0 aromatic rings. The van der Waals surface area contributed by atoms with Crippen LogP contribution < -0.4 is 0 Å². The Kier molecular flexibility index (Phi) is 16.8. The molecule has 0 fully saturated rings. The minimum absolute atomic E-state index is 0.283. The molecule has 1 unspecified atom stereocenters. The summed E-state index contributed by atoms with van der Waals surface area (Å²) in [6.45, 7) is 4.64. The molecule has 68 valence electrons. The molecule has 0 aliphatic carbocycles. The van der Waals surface area contributed by atoms with E-state index in [1.165, 1.54) is 12.8 Å². The predicted octanol–water partition coefficient (Wildman–Crippen LogP) is 2.85. The van der Waals surface area contributed by atoms with Crippen molar-refractivity contribution in [3.63, 3.8) is 0 Å². The molecule has 0 rings (SSSR count). The Balaban J connectivity index is 0. The molecule has 1 atom stereocenters. The average Bonchev–Trinajstić information content (AvgIpc) is 2.01. The Labute approximate surface area is 77.2 Å². The molecular formula is C6H15BrO3P+. The van der Waals surface area contributed by atoms with Crippen LogP contribution in [0.15, 0.2) is 0 Å². The fraction of sp³-hybridized carbons (Fsp3) is 1.00. The highest BCUT2D eigenvalue weighted by Gasteiger charge is 2.08. The van der Waals surface area contributed by atoms with Crippen LogP contribution >= 0.6 is 24.2 Å². The third kappa shape index (κ3) is 25.1. The van der Waals surface area contributed by atoms with Gasteiger partial charge in [-0.25, -0.2) is 0 Å². The number of hydrogen-bond acceptors (Lipinski definition) is 2. The number of alkyl halides is 1. The maximum absolute atomic E-state index is 9.66. The fourth-order valence-corrected chi connectivity index (χ4v) is 0.772. The van der Waals surface area contributed by atoms with Gasteiger partial charge >= 0.3 is 8.25 Å². The smallest absolute Gasteiger partial charge is 0.133 e. The first-order valence-corrected chi connectivity index (χ1v) is 5.79. The van der Waals surface area contributed by atoms with Crippen molar-refractivity contribution in [2.24, 2.45) is 0 Å². The summed E-state index contributed by atoms with van der Waals surface area (Å²) in [6, 6.07) is 0. The molecule has 0 amide bonds. The van der Waals surface area contributed by atoms with Crippen molar-refractivity contribution in [3.05, 3.63) is 0 Å². The lowest BCUT2D eigenvalue weighted by Crippen LogP contribution is -1.83. The van der Waals surface area contributed by atoms with Gasteiger partial charge in [-0.2, -0.15) is 0 Å². The largest absolute Gasteiger partial charge is 0.694 e. The minimum atomic E-state index is -2.39. The molecule has 0 saturated carbocycles. The standard InChI is InChI=1S/C4H10.C2H4BrO3P/c1-3-4-2;3-1-2-6-7(4)5/h3-4H2,1-2H3;1-2H2/p+1. The van der Waals surface area contributed by atoms with Gasteiger partial charge in [0.2, 0.25) is 0 Å². The van der Waals surface area contributed by atoms with Crippen molar-refractivity contribution in [1.82, 2.24) is 0 Å². The second-order valence-corrected chi connectivity index (χ2v) is 3.29. The van der Waals surface area contributed by atoms with E-state index < -0.39 is 8.25 Å². The van der Waals surface area contributed by atoms with Crippen molar-refractivity contribution in [1.29, 1.82) is 0 Å². The summed E-state index contributed by atoms with van der Waals surface area (Å²) in [5, 5.41) is 0.592. The van der Waals surface area contributed by atoms with Gasteiger partial charge in [-0.3, -0.25) is 0 Å².